The summed E-state index contributed by atoms with van der Waals surface area (Å²) in [6.07, 6.45) is 39.9. The van der Waals surface area contributed by atoms with Crippen LogP contribution in [0.2, 0.25) is 0 Å². The first-order valence-corrected chi connectivity index (χ1v) is 26.5. The van der Waals surface area contributed by atoms with Crippen LogP contribution in [-0.2, 0) is 6.42 Å². The third-order valence-electron chi connectivity index (χ3n) is 15.3. The number of rotatable bonds is 16. The Morgan fingerprint density at radius 1 is 0.957 bits per heavy atom. The van der Waals surface area contributed by atoms with Gasteiger partial charge in [0.25, 0.3) is 0 Å². The van der Waals surface area contributed by atoms with Crippen LogP contribution in [0.5, 0.6) is 0 Å². The summed E-state index contributed by atoms with van der Waals surface area (Å²) in [5.74, 6) is 3.49. The summed E-state index contributed by atoms with van der Waals surface area (Å²) >= 11 is 2.02. The monoisotopic (exact) mass is 937 g/mol. The fraction of sp³-hybridized carbons (Fsp3) is 0.273. The topological polar surface area (TPSA) is 21.3 Å². The second-order valence-electron chi connectivity index (χ2n) is 20.1. The smallest absolute Gasteiger partial charge is 0.137 e. The van der Waals surface area contributed by atoms with Crippen LogP contribution in [-0.4, -0.2) is 10.6 Å². The third kappa shape index (κ3) is 8.92. The summed E-state index contributed by atoms with van der Waals surface area (Å²) in [6.45, 7) is 28.8. The van der Waals surface area contributed by atoms with E-state index in [1.807, 2.05) is 17.4 Å². The zero-order chi connectivity index (χ0) is 48.6. The molecule has 0 saturated heterocycles. The van der Waals surface area contributed by atoms with Gasteiger partial charge in [-0.05, 0) is 171 Å². The molecule has 4 aliphatic rings. The van der Waals surface area contributed by atoms with E-state index in [1.165, 1.54) is 56.6 Å². The van der Waals surface area contributed by atoms with Gasteiger partial charge in [-0.25, -0.2) is 0 Å². The van der Waals surface area contributed by atoms with Gasteiger partial charge in [-0.1, -0.05) is 150 Å². The molecule has 0 amide bonds. The lowest BCUT2D eigenvalue weighted by Gasteiger charge is -2.37. The minimum absolute atomic E-state index is 0.278. The SMILES string of the molecule is C=CC=CCC(C)C1=CCC(N(C(=C)C=CC(=C)C(=C)C=CC(=CC)n2c3ccccc3c3ccc4oc(C)c(C=CCC)c4c32)c2ccc(C3=CC4CC4c4c3sc3c4CC(C)CC=C3)cc2)CC1. The highest BCUT2D eigenvalue weighted by atomic mass is 32.1. The van der Waals surface area contributed by atoms with Crippen molar-refractivity contribution in [2.75, 3.05) is 4.90 Å². The molecular weight excluding hydrogens is 869 g/mol. The quantitative estimate of drug-likeness (QED) is 0.0712. The van der Waals surface area contributed by atoms with E-state index in [4.69, 9.17) is 11.0 Å². The second kappa shape index (κ2) is 20.0. The van der Waals surface area contributed by atoms with Gasteiger partial charge < -0.3 is 13.9 Å². The van der Waals surface area contributed by atoms with E-state index in [2.05, 4.69) is 203 Å². The number of aryl methyl sites for hydroxylation is 1. The van der Waals surface area contributed by atoms with Gasteiger partial charge >= 0.3 is 0 Å². The number of hydrogen-bond acceptors (Lipinski definition) is 3. The summed E-state index contributed by atoms with van der Waals surface area (Å²) in [6, 6.07) is 22.7. The molecule has 3 heterocycles. The van der Waals surface area contributed by atoms with Gasteiger partial charge in [0.1, 0.15) is 11.3 Å². The van der Waals surface area contributed by atoms with Crippen molar-refractivity contribution < 1.29 is 4.42 Å². The molecule has 6 aromatic rings. The molecule has 3 nitrogen and oxygen atoms in total. The Morgan fingerprint density at radius 2 is 1.76 bits per heavy atom. The van der Waals surface area contributed by atoms with Crippen LogP contribution in [0.15, 0.2) is 187 Å². The highest BCUT2D eigenvalue weighted by Crippen LogP contribution is 2.60. The number of anilines is 1. The van der Waals surface area contributed by atoms with E-state index in [1.54, 1.807) is 16.7 Å². The molecule has 0 radical (unpaired) electrons. The Bertz CT molecular complexity index is 3320. The molecule has 3 aromatic heterocycles. The molecule has 0 spiro atoms. The van der Waals surface area contributed by atoms with Crippen LogP contribution in [0.4, 0.5) is 5.69 Å². The Hall–Kier alpha value is -6.62. The van der Waals surface area contributed by atoms with E-state index in [9.17, 15) is 0 Å². The molecule has 70 heavy (non-hydrogen) atoms. The largest absolute Gasteiger partial charge is 0.461 e. The lowest BCUT2D eigenvalue weighted by atomic mass is 9.85. The lowest BCUT2D eigenvalue weighted by molar-refractivity contribution is 0.524. The fourth-order valence-corrected chi connectivity index (χ4v) is 12.8. The maximum absolute atomic E-state index is 6.37. The molecule has 0 aliphatic heterocycles. The molecule has 4 aliphatic carbocycles. The number of thiophene rings is 1. The van der Waals surface area contributed by atoms with Crippen molar-refractivity contribution >= 4 is 73.2 Å². The first-order chi connectivity index (χ1) is 34.1. The molecule has 3 aromatic carbocycles. The van der Waals surface area contributed by atoms with Crippen LogP contribution < -0.4 is 4.90 Å². The van der Waals surface area contributed by atoms with E-state index in [0.717, 1.165) is 88.0 Å². The highest BCUT2D eigenvalue weighted by molar-refractivity contribution is 7.14. The third-order valence-corrected chi connectivity index (χ3v) is 16.6. The van der Waals surface area contributed by atoms with Crippen LogP contribution in [0.3, 0.4) is 0 Å². The molecule has 1 saturated carbocycles. The molecule has 5 unspecified atom stereocenters. The number of benzene rings is 3. The van der Waals surface area contributed by atoms with Crippen molar-refractivity contribution in [3.63, 3.8) is 0 Å². The minimum Gasteiger partial charge on any atom is -0.461 e. The second-order valence-corrected chi connectivity index (χ2v) is 21.2. The Morgan fingerprint density at radius 3 is 2.51 bits per heavy atom. The predicted octanol–water partition coefficient (Wildman–Crippen LogP) is 18.8. The number of allylic oxidation sites excluding steroid dienone is 15. The van der Waals surface area contributed by atoms with E-state index < -0.39 is 0 Å². The van der Waals surface area contributed by atoms with Gasteiger partial charge in [0.05, 0.1) is 16.4 Å². The average molecular weight is 937 g/mol. The van der Waals surface area contributed by atoms with Gasteiger partial charge in [0.2, 0.25) is 0 Å². The van der Waals surface area contributed by atoms with E-state index in [0.29, 0.717) is 23.7 Å². The number of nitrogens with zero attached hydrogens (tertiary/aromatic N) is 2. The van der Waals surface area contributed by atoms with Crippen molar-refractivity contribution in [3.8, 4) is 0 Å². The fourth-order valence-electron chi connectivity index (χ4n) is 11.4. The first kappa shape index (κ1) is 47.1. The molecule has 5 atom stereocenters. The Labute approximate surface area is 420 Å². The van der Waals surface area contributed by atoms with E-state index >= 15 is 0 Å². The van der Waals surface area contributed by atoms with Crippen molar-refractivity contribution in [3.05, 3.63) is 220 Å². The molecular formula is C66H68N2OS. The summed E-state index contributed by atoms with van der Waals surface area (Å²) in [5.41, 5.74) is 16.8. The summed E-state index contributed by atoms with van der Waals surface area (Å²) < 4.78 is 8.74. The van der Waals surface area contributed by atoms with Crippen molar-refractivity contribution in [1.29, 1.82) is 0 Å². The van der Waals surface area contributed by atoms with Gasteiger partial charge in [-0.2, -0.15) is 0 Å². The average Bonchev–Trinajstić information content (AvgIpc) is 3.89. The molecule has 1 fully saturated rings. The normalized spacial score (nSPS) is 20.6. The standard InChI is InChI=1S/C66H68N2OS/c1-10-13-15-20-45(7)48-28-33-52(34-29-48)67(53-35-30-49(31-36-53)58-41-50-40-57(50)63-59-39-42(4)19-18-24-62(59)70-66(58)63)46(8)27-25-43(5)44(6)26-32-51(12-3)68-60-23-17-16-22-55(60)56-37-38-61-64(65(56)68)54(21-14-11-2)47(9)69-61/h10,12-18,21-28,30-32,35-38,41-42,45,50,52,57H,1,5-6,8,11,19-20,29,33-34,39-40H2,2-4,7,9H3. The highest BCUT2D eigenvalue weighted by Gasteiger charge is 2.45. The Balaban J connectivity index is 0.926. The number of para-hydroxylation sites is 1. The number of hydrogen-bond donors (Lipinski definition) is 0. The van der Waals surface area contributed by atoms with E-state index in [-0.39, 0.29) is 6.04 Å². The molecule has 354 valence electrons. The zero-order valence-electron chi connectivity index (χ0n) is 41.9. The first-order valence-electron chi connectivity index (χ1n) is 25.7. The van der Waals surface area contributed by atoms with Crippen LogP contribution in [0.1, 0.15) is 116 Å². The molecule has 0 N–H and O–H groups in total. The number of furan rings is 1. The van der Waals surface area contributed by atoms with Gasteiger partial charge in [-0.15, -0.1) is 11.3 Å². The summed E-state index contributed by atoms with van der Waals surface area (Å²) in [7, 11) is 0. The van der Waals surface area contributed by atoms with Crippen molar-refractivity contribution in [2.24, 2.45) is 17.8 Å². The van der Waals surface area contributed by atoms with Gasteiger partial charge in [0.15, 0.2) is 0 Å². The van der Waals surface area contributed by atoms with Crippen LogP contribution >= 0.6 is 11.3 Å². The molecule has 10 rings (SSSR count). The van der Waals surface area contributed by atoms with Crippen molar-refractivity contribution in [1.82, 2.24) is 4.57 Å². The predicted molar refractivity (Wildman–Crippen MR) is 305 cm³/mol. The molecule has 0 bridgehead atoms. The minimum atomic E-state index is 0.278. The maximum atomic E-state index is 6.37. The zero-order valence-corrected chi connectivity index (χ0v) is 42.8. The maximum Gasteiger partial charge on any atom is 0.137 e. The van der Waals surface area contributed by atoms with Gasteiger partial charge in [-0.3, -0.25) is 0 Å². The van der Waals surface area contributed by atoms with Crippen molar-refractivity contribution in [2.45, 2.75) is 97.9 Å². The molecule has 4 heteroatoms. The summed E-state index contributed by atoms with van der Waals surface area (Å²) in [5, 5.41) is 3.54. The van der Waals surface area contributed by atoms with Crippen LogP contribution in [0.25, 0.3) is 56.2 Å². The van der Waals surface area contributed by atoms with Crippen LogP contribution in [0, 0.1) is 24.7 Å². The lowest BCUT2D eigenvalue weighted by Crippen LogP contribution is -2.35. The summed E-state index contributed by atoms with van der Waals surface area (Å²) in [4.78, 5) is 5.46. The number of fused-ring (bicyclic) bond motifs is 10. The Kier molecular flexibility index (Phi) is 13.5. The number of aromatic nitrogens is 1. The van der Waals surface area contributed by atoms with Gasteiger partial charge in [0, 0.05) is 49.2 Å².